The summed E-state index contributed by atoms with van der Waals surface area (Å²) in [4.78, 5) is 18.0. The third-order valence-corrected chi connectivity index (χ3v) is 10.0. The Labute approximate surface area is 238 Å². The van der Waals surface area contributed by atoms with Crippen molar-refractivity contribution < 1.29 is 9.53 Å². The first-order chi connectivity index (χ1) is 18.5. The molecule has 0 aliphatic heterocycles. The minimum absolute atomic E-state index is 0.00524. The van der Waals surface area contributed by atoms with Crippen molar-refractivity contribution in [3.05, 3.63) is 57.9 Å². The second-order valence-electron chi connectivity index (χ2n) is 13.2. The summed E-state index contributed by atoms with van der Waals surface area (Å²) in [6.45, 7) is 11.3. The Balaban J connectivity index is 1.20. The number of nitrogens with zero attached hydrogens (tertiary/aromatic N) is 2. The molecular weight excluding hydrogens is 504 g/mol. The number of carbonyl (C=O) groups is 1. The van der Waals surface area contributed by atoms with Gasteiger partial charge in [0.15, 0.2) is 5.78 Å². The van der Waals surface area contributed by atoms with Crippen LogP contribution in [0.1, 0.15) is 100 Å². The zero-order chi connectivity index (χ0) is 27.9. The molecule has 4 nitrogen and oxygen atoms in total. The minimum atomic E-state index is -0.0592. The highest BCUT2D eigenvalue weighted by atomic mass is 35.5. The molecule has 5 heteroatoms. The summed E-state index contributed by atoms with van der Waals surface area (Å²) < 4.78 is 6.44. The van der Waals surface area contributed by atoms with Gasteiger partial charge in [0.25, 0.3) is 0 Å². The summed E-state index contributed by atoms with van der Waals surface area (Å²) in [5.74, 6) is 9.35. The number of rotatable bonds is 5. The van der Waals surface area contributed by atoms with Gasteiger partial charge in [-0.3, -0.25) is 4.79 Å². The van der Waals surface area contributed by atoms with Gasteiger partial charge in [-0.1, -0.05) is 52.1 Å². The quantitative estimate of drug-likeness (QED) is 0.358. The van der Waals surface area contributed by atoms with Gasteiger partial charge >= 0.3 is 0 Å². The molecule has 2 aromatic rings. The van der Waals surface area contributed by atoms with Gasteiger partial charge in [0.1, 0.15) is 23.6 Å². The SMILES string of the molecule is CC1CCC(C#Cc2ccc3c(n2)CC(CCC2C(C)(C)C(Oc4ccc(C#N)c(Cl)c4)C2(C)C)C3=O)CC1. The monoisotopic (exact) mass is 542 g/mol. The number of hydrogen-bond acceptors (Lipinski definition) is 4. The van der Waals surface area contributed by atoms with E-state index in [4.69, 9.17) is 26.6 Å². The highest BCUT2D eigenvalue weighted by molar-refractivity contribution is 6.31. The van der Waals surface area contributed by atoms with Gasteiger partial charge in [0, 0.05) is 40.7 Å². The van der Waals surface area contributed by atoms with E-state index in [-0.39, 0.29) is 28.6 Å². The van der Waals surface area contributed by atoms with E-state index < -0.39 is 0 Å². The van der Waals surface area contributed by atoms with Crippen molar-refractivity contribution in [3.63, 3.8) is 0 Å². The molecule has 0 amide bonds. The average molecular weight is 543 g/mol. The van der Waals surface area contributed by atoms with Crippen LogP contribution in [-0.2, 0) is 6.42 Å². The van der Waals surface area contributed by atoms with Gasteiger partial charge in [0.05, 0.1) is 16.3 Å². The number of benzene rings is 1. The lowest BCUT2D eigenvalue weighted by Crippen LogP contribution is -2.65. The van der Waals surface area contributed by atoms with E-state index in [2.05, 4.69) is 52.5 Å². The Kier molecular flexibility index (Phi) is 7.56. The van der Waals surface area contributed by atoms with E-state index in [9.17, 15) is 4.79 Å². The number of carbonyl (C=O) groups excluding carboxylic acids is 1. The molecule has 2 fully saturated rings. The number of aromatic nitrogens is 1. The highest BCUT2D eigenvalue weighted by Crippen LogP contribution is 2.62. The molecule has 1 aromatic heterocycles. The number of pyridine rings is 1. The van der Waals surface area contributed by atoms with Crippen molar-refractivity contribution in [2.45, 2.75) is 85.7 Å². The summed E-state index contributed by atoms with van der Waals surface area (Å²) in [5.41, 5.74) is 2.82. The number of fused-ring (bicyclic) bond motifs is 1. The molecule has 1 aromatic carbocycles. The van der Waals surface area contributed by atoms with Gasteiger partial charge in [-0.05, 0) is 80.5 Å². The molecule has 0 radical (unpaired) electrons. The molecule has 3 aliphatic rings. The molecule has 3 aliphatic carbocycles. The molecule has 5 rings (SSSR count). The van der Waals surface area contributed by atoms with Crippen LogP contribution in [-0.4, -0.2) is 16.9 Å². The second kappa shape index (κ2) is 10.6. The van der Waals surface area contributed by atoms with Gasteiger partial charge < -0.3 is 4.74 Å². The van der Waals surface area contributed by atoms with Crippen LogP contribution in [0.15, 0.2) is 30.3 Å². The molecule has 2 saturated carbocycles. The molecule has 0 N–H and O–H groups in total. The predicted molar refractivity (Wildman–Crippen MR) is 155 cm³/mol. The zero-order valence-corrected chi connectivity index (χ0v) is 24.6. The van der Waals surface area contributed by atoms with Crippen LogP contribution >= 0.6 is 11.6 Å². The van der Waals surface area contributed by atoms with Crippen molar-refractivity contribution in [1.82, 2.24) is 4.98 Å². The third-order valence-electron chi connectivity index (χ3n) is 9.74. The molecule has 204 valence electrons. The van der Waals surface area contributed by atoms with Crippen LogP contribution in [0.3, 0.4) is 0 Å². The predicted octanol–water partition coefficient (Wildman–Crippen LogP) is 8.05. The van der Waals surface area contributed by atoms with Crippen molar-refractivity contribution >= 4 is 17.4 Å². The Morgan fingerprint density at radius 2 is 1.77 bits per heavy atom. The minimum Gasteiger partial charge on any atom is -0.489 e. The van der Waals surface area contributed by atoms with Crippen LogP contribution in [0.4, 0.5) is 0 Å². The Bertz CT molecular complexity index is 1350. The number of hydrogen-bond donors (Lipinski definition) is 0. The van der Waals surface area contributed by atoms with Crippen molar-refractivity contribution in [1.29, 1.82) is 5.26 Å². The normalized spacial score (nSPS) is 28.4. The van der Waals surface area contributed by atoms with Gasteiger partial charge in [-0.2, -0.15) is 5.26 Å². The average Bonchev–Trinajstić information content (AvgIpc) is 3.21. The van der Waals surface area contributed by atoms with Gasteiger partial charge in [-0.15, -0.1) is 0 Å². The Hall–Kier alpha value is -2.82. The summed E-state index contributed by atoms with van der Waals surface area (Å²) in [7, 11) is 0. The van der Waals surface area contributed by atoms with E-state index in [1.807, 2.05) is 18.2 Å². The Morgan fingerprint density at radius 3 is 2.44 bits per heavy atom. The lowest BCUT2D eigenvalue weighted by Gasteiger charge is -2.63. The fraction of sp³-hybridized carbons (Fsp3) is 0.559. The standard InChI is InChI=1S/C34H39ClN2O2/c1-21-6-8-22(9-7-21)10-13-25-14-16-27-29(37-25)18-23(31(27)38)12-17-30-33(2,3)32(34(30,4)5)39-26-15-11-24(20-36)28(35)19-26/h11,14-16,19,21-23,30,32H,6-9,12,17-18H2,1-5H3. The largest absolute Gasteiger partial charge is 0.489 e. The number of Topliss-reactive ketones (excluding diaryl/α,β-unsaturated/α-hetero) is 1. The lowest BCUT2D eigenvalue weighted by atomic mass is 9.44. The highest BCUT2D eigenvalue weighted by Gasteiger charge is 2.62. The van der Waals surface area contributed by atoms with Crippen molar-refractivity contribution in [2.75, 3.05) is 0 Å². The van der Waals surface area contributed by atoms with Crippen molar-refractivity contribution in [3.8, 4) is 23.7 Å². The van der Waals surface area contributed by atoms with Gasteiger partial charge in [-0.25, -0.2) is 4.98 Å². The van der Waals surface area contributed by atoms with Crippen LogP contribution in [0.2, 0.25) is 5.02 Å². The molecule has 0 spiro atoms. The summed E-state index contributed by atoms with van der Waals surface area (Å²) in [5, 5.41) is 9.57. The molecule has 0 bridgehead atoms. The first-order valence-corrected chi connectivity index (χ1v) is 14.8. The number of halogens is 1. The van der Waals surface area contributed by atoms with Crippen molar-refractivity contribution in [2.24, 2.45) is 34.5 Å². The number of ether oxygens (including phenoxy) is 1. The topological polar surface area (TPSA) is 63.0 Å². The van der Waals surface area contributed by atoms with E-state index >= 15 is 0 Å². The number of ketones is 1. The maximum Gasteiger partial charge on any atom is 0.168 e. The van der Waals surface area contributed by atoms with Crippen LogP contribution < -0.4 is 4.74 Å². The molecular formula is C34H39ClN2O2. The zero-order valence-electron chi connectivity index (χ0n) is 23.8. The lowest BCUT2D eigenvalue weighted by molar-refractivity contribution is -0.201. The summed E-state index contributed by atoms with van der Waals surface area (Å²) >= 11 is 6.24. The first kappa shape index (κ1) is 27.7. The molecule has 1 unspecified atom stereocenters. The second-order valence-corrected chi connectivity index (χ2v) is 13.6. The molecule has 1 atom stereocenters. The van der Waals surface area contributed by atoms with E-state index in [0.717, 1.165) is 35.7 Å². The van der Waals surface area contributed by atoms with Gasteiger partial charge in [0.2, 0.25) is 0 Å². The number of nitriles is 1. The first-order valence-electron chi connectivity index (χ1n) is 14.4. The van der Waals surface area contributed by atoms with E-state index in [1.165, 1.54) is 25.7 Å². The molecule has 0 saturated heterocycles. The summed E-state index contributed by atoms with van der Waals surface area (Å²) in [6.07, 6.45) is 7.42. The fourth-order valence-electron chi connectivity index (χ4n) is 7.71. The molecule has 39 heavy (non-hydrogen) atoms. The smallest absolute Gasteiger partial charge is 0.168 e. The molecule has 1 heterocycles. The third kappa shape index (κ3) is 5.34. The maximum atomic E-state index is 13.2. The Morgan fingerprint density at radius 1 is 1.05 bits per heavy atom. The van der Waals surface area contributed by atoms with Crippen LogP contribution in [0.5, 0.6) is 5.75 Å². The van der Waals surface area contributed by atoms with Crippen LogP contribution in [0, 0.1) is 57.7 Å². The fourth-order valence-corrected chi connectivity index (χ4v) is 7.92. The van der Waals surface area contributed by atoms with Crippen LogP contribution in [0.25, 0.3) is 0 Å². The summed E-state index contributed by atoms with van der Waals surface area (Å²) in [6, 6.07) is 11.2. The van der Waals surface area contributed by atoms with E-state index in [1.54, 1.807) is 12.1 Å². The van der Waals surface area contributed by atoms with E-state index in [0.29, 0.717) is 34.6 Å². The maximum absolute atomic E-state index is 13.2.